The molecular formula is C25H27N3. The van der Waals surface area contributed by atoms with Crippen molar-refractivity contribution in [3.05, 3.63) is 95.3 Å². The van der Waals surface area contributed by atoms with Gasteiger partial charge in [-0.05, 0) is 56.0 Å². The van der Waals surface area contributed by atoms with Gasteiger partial charge in [0.05, 0.1) is 11.6 Å². The van der Waals surface area contributed by atoms with Gasteiger partial charge in [0.1, 0.15) is 5.82 Å². The van der Waals surface area contributed by atoms with Crippen molar-refractivity contribution in [3.63, 3.8) is 0 Å². The predicted octanol–water partition coefficient (Wildman–Crippen LogP) is 6.43. The number of pyridine rings is 1. The first-order valence-corrected chi connectivity index (χ1v) is 9.38. The molecular weight excluding hydrogens is 342 g/mol. The third kappa shape index (κ3) is 5.82. The topological polar surface area (TPSA) is 48.7 Å². The maximum Gasteiger partial charge on any atom is 0.132 e. The lowest BCUT2D eigenvalue weighted by Crippen LogP contribution is -1.99. The molecule has 142 valence electrons. The van der Waals surface area contributed by atoms with E-state index in [-0.39, 0.29) is 0 Å². The standard InChI is InChI=1S/C16H18N2.C9H9N/c1-11(2)18-16-13(4)9-15(10-17-16)14-7-5-12(3)6-8-14;1-2-8-5-3-4-6-9(8)7-10/h5-10H,1H2,2-4H3,(H,17,18);3-6H,2H2,1H3. The van der Waals surface area contributed by atoms with Crippen LogP contribution < -0.4 is 5.32 Å². The molecule has 3 aromatic rings. The molecule has 0 saturated heterocycles. The van der Waals surface area contributed by atoms with E-state index in [4.69, 9.17) is 5.26 Å². The van der Waals surface area contributed by atoms with Crippen LogP contribution in [0.1, 0.15) is 36.1 Å². The van der Waals surface area contributed by atoms with E-state index in [9.17, 15) is 0 Å². The summed E-state index contributed by atoms with van der Waals surface area (Å²) in [7, 11) is 0. The second-order valence-corrected chi connectivity index (χ2v) is 6.78. The highest BCUT2D eigenvalue weighted by atomic mass is 15.0. The van der Waals surface area contributed by atoms with Gasteiger partial charge in [0.15, 0.2) is 0 Å². The smallest absolute Gasteiger partial charge is 0.132 e. The lowest BCUT2D eigenvalue weighted by molar-refractivity contribution is 1.13. The molecule has 0 aliphatic heterocycles. The molecule has 0 saturated carbocycles. The van der Waals surface area contributed by atoms with E-state index in [1.165, 1.54) is 11.1 Å². The summed E-state index contributed by atoms with van der Waals surface area (Å²) in [5.41, 5.74) is 7.54. The Morgan fingerprint density at radius 2 is 1.75 bits per heavy atom. The number of rotatable bonds is 4. The van der Waals surface area contributed by atoms with Crippen LogP contribution in [-0.2, 0) is 6.42 Å². The number of allylic oxidation sites excluding steroid dienone is 1. The highest BCUT2D eigenvalue weighted by molar-refractivity contribution is 5.66. The number of nitrogens with zero attached hydrogens (tertiary/aromatic N) is 2. The molecule has 0 fully saturated rings. The van der Waals surface area contributed by atoms with Crippen molar-refractivity contribution >= 4 is 5.82 Å². The normalized spacial score (nSPS) is 9.68. The first kappa shape index (κ1) is 20.9. The summed E-state index contributed by atoms with van der Waals surface area (Å²) in [6, 6.07) is 20.4. The van der Waals surface area contributed by atoms with Crippen molar-refractivity contribution in [1.82, 2.24) is 4.98 Å². The van der Waals surface area contributed by atoms with Crippen molar-refractivity contribution in [2.45, 2.75) is 34.1 Å². The van der Waals surface area contributed by atoms with Gasteiger partial charge in [0.25, 0.3) is 0 Å². The molecule has 0 aliphatic carbocycles. The van der Waals surface area contributed by atoms with Crippen molar-refractivity contribution in [1.29, 1.82) is 5.26 Å². The fraction of sp³-hybridized carbons (Fsp3) is 0.200. The molecule has 3 rings (SSSR count). The minimum absolute atomic E-state index is 0.796. The Labute approximate surface area is 168 Å². The molecule has 0 spiro atoms. The van der Waals surface area contributed by atoms with Crippen LogP contribution >= 0.6 is 0 Å². The van der Waals surface area contributed by atoms with E-state index in [1.54, 1.807) is 0 Å². The second kappa shape index (κ2) is 10.1. The fourth-order valence-electron chi connectivity index (χ4n) is 2.75. The van der Waals surface area contributed by atoms with Gasteiger partial charge in [-0.2, -0.15) is 5.26 Å². The fourth-order valence-corrected chi connectivity index (χ4v) is 2.75. The van der Waals surface area contributed by atoms with Crippen LogP contribution in [0.4, 0.5) is 5.82 Å². The Kier molecular flexibility index (Phi) is 7.54. The molecule has 0 aliphatic rings. The largest absolute Gasteiger partial charge is 0.344 e. The number of nitrogens with one attached hydrogen (secondary N) is 1. The molecule has 0 radical (unpaired) electrons. The van der Waals surface area contributed by atoms with E-state index in [0.29, 0.717) is 0 Å². The average molecular weight is 370 g/mol. The number of nitriles is 1. The van der Waals surface area contributed by atoms with Gasteiger partial charge < -0.3 is 5.32 Å². The van der Waals surface area contributed by atoms with Crippen molar-refractivity contribution in [2.75, 3.05) is 5.32 Å². The minimum Gasteiger partial charge on any atom is -0.344 e. The Bertz CT molecular complexity index is 979. The molecule has 28 heavy (non-hydrogen) atoms. The summed E-state index contributed by atoms with van der Waals surface area (Å²) in [4.78, 5) is 4.45. The van der Waals surface area contributed by atoms with Gasteiger partial charge in [-0.25, -0.2) is 4.98 Å². The van der Waals surface area contributed by atoms with Crippen LogP contribution in [0.3, 0.4) is 0 Å². The molecule has 0 bridgehead atoms. The van der Waals surface area contributed by atoms with Gasteiger partial charge in [0.2, 0.25) is 0 Å². The summed E-state index contributed by atoms with van der Waals surface area (Å²) in [5.74, 6) is 0.873. The van der Waals surface area contributed by atoms with E-state index in [1.807, 2.05) is 37.4 Å². The molecule has 1 heterocycles. The summed E-state index contributed by atoms with van der Waals surface area (Å²) < 4.78 is 0. The summed E-state index contributed by atoms with van der Waals surface area (Å²) >= 11 is 0. The third-order valence-electron chi connectivity index (χ3n) is 4.31. The van der Waals surface area contributed by atoms with Crippen LogP contribution in [0.25, 0.3) is 11.1 Å². The number of hydrogen-bond acceptors (Lipinski definition) is 3. The van der Waals surface area contributed by atoms with Gasteiger partial charge in [0, 0.05) is 17.5 Å². The first-order chi connectivity index (χ1) is 13.4. The van der Waals surface area contributed by atoms with E-state index in [2.05, 4.69) is 74.1 Å². The monoisotopic (exact) mass is 369 g/mol. The van der Waals surface area contributed by atoms with Gasteiger partial charge >= 0.3 is 0 Å². The summed E-state index contributed by atoms with van der Waals surface area (Å²) in [5, 5.41) is 11.8. The van der Waals surface area contributed by atoms with Gasteiger partial charge in [-0.1, -0.05) is 61.5 Å². The Morgan fingerprint density at radius 3 is 2.29 bits per heavy atom. The van der Waals surface area contributed by atoms with Crippen LogP contribution in [0.15, 0.2) is 73.1 Å². The van der Waals surface area contributed by atoms with Gasteiger partial charge in [-0.3, -0.25) is 0 Å². The summed E-state index contributed by atoms with van der Waals surface area (Å²) in [6.45, 7) is 12.0. The van der Waals surface area contributed by atoms with Crippen molar-refractivity contribution < 1.29 is 0 Å². The lowest BCUT2D eigenvalue weighted by Gasteiger charge is -2.10. The number of aromatic nitrogens is 1. The highest BCUT2D eigenvalue weighted by Crippen LogP contribution is 2.23. The molecule has 3 heteroatoms. The number of benzene rings is 2. The van der Waals surface area contributed by atoms with Crippen LogP contribution in [0.5, 0.6) is 0 Å². The maximum atomic E-state index is 8.60. The van der Waals surface area contributed by atoms with Crippen LogP contribution in [0, 0.1) is 25.2 Å². The lowest BCUT2D eigenvalue weighted by atomic mass is 10.0. The zero-order valence-electron chi connectivity index (χ0n) is 17.1. The number of hydrogen-bond donors (Lipinski definition) is 1. The molecule has 0 unspecified atom stereocenters. The maximum absolute atomic E-state index is 8.60. The Hall–Kier alpha value is -3.38. The first-order valence-electron chi connectivity index (χ1n) is 9.38. The highest BCUT2D eigenvalue weighted by Gasteiger charge is 2.03. The molecule has 1 aromatic heterocycles. The zero-order valence-corrected chi connectivity index (χ0v) is 17.1. The molecule has 0 amide bonds. The van der Waals surface area contributed by atoms with Crippen LogP contribution in [-0.4, -0.2) is 4.98 Å². The minimum atomic E-state index is 0.796. The predicted molar refractivity (Wildman–Crippen MR) is 118 cm³/mol. The Morgan fingerprint density at radius 1 is 1.07 bits per heavy atom. The van der Waals surface area contributed by atoms with Gasteiger partial charge in [-0.15, -0.1) is 0 Å². The average Bonchev–Trinajstić information content (AvgIpc) is 2.70. The number of aryl methyl sites for hydroxylation is 3. The second-order valence-electron chi connectivity index (χ2n) is 6.78. The molecule has 0 atom stereocenters. The van der Waals surface area contributed by atoms with E-state index >= 15 is 0 Å². The number of anilines is 1. The SMILES string of the molecule is C=C(C)Nc1ncc(-c2ccc(C)cc2)cc1C.CCc1ccccc1C#N. The quantitative estimate of drug-likeness (QED) is 0.576. The molecule has 1 N–H and O–H groups in total. The Balaban J connectivity index is 0.000000237. The molecule has 3 nitrogen and oxygen atoms in total. The zero-order chi connectivity index (χ0) is 20.5. The molecule has 2 aromatic carbocycles. The third-order valence-corrected chi connectivity index (χ3v) is 4.31. The summed E-state index contributed by atoms with van der Waals surface area (Å²) in [6.07, 6.45) is 2.83. The van der Waals surface area contributed by atoms with E-state index in [0.717, 1.165) is 40.2 Å². The van der Waals surface area contributed by atoms with E-state index < -0.39 is 0 Å². The van der Waals surface area contributed by atoms with Crippen molar-refractivity contribution in [2.24, 2.45) is 0 Å². The van der Waals surface area contributed by atoms with Crippen molar-refractivity contribution in [3.8, 4) is 17.2 Å². The van der Waals surface area contributed by atoms with Crippen LogP contribution in [0.2, 0.25) is 0 Å².